The van der Waals surface area contributed by atoms with Gasteiger partial charge in [0.25, 0.3) is 0 Å². The van der Waals surface area contributed by atoms with Crippen LogP contribution in [0.4, 0.5) is 0 Å². The summed E-state index contributed by atoms with van der Waals surface area (Å²) in [4.78, 5) is 4.49. The van der Waals surface area contributed by atoms with Crippen LogP contribution in [0, 0.1) is 6.92 Å². The Morgan fingerprint density at radius 2 is 1.62 bits per heavy atom. The van der Waals surface area contributed by atoms with Crippen LogP contribution in [0.2, 0.25) is 0 Å². The zero-order valence-electron chi connectivity index (χ0n) is 14.7. The fourth-order valence-corrected chi connectivity index (χ4v) is 3.72. The number of sulfonamides is 1. The van der Waals surface area contributed by atoms with Crippen LogP contribution in [0.1, 0.15) is 17.0 Å². The Morgan fingerprint density at radius 1 is 0.962 bits per heavy atom. The molecule has 1 aromatic heterocycles. The van der Waals surface area contributed by atoms with Crippen LogP contribution < -0.4 is 4.72 Å². The molecule has 0 saturated heterocycles. The Hall–Kier alpha value is -2.44. The van der Waals surface area contributed by atoms with Crippen LogP contribution in [-0.4, -0.2) is 25.7 Å². The van der Waals surface area contributed by atoms with E-state index in [-0.39, 0.29) is 5.75 Å². The van der Waals surface area contributed by atoms with Gasteiger partial charge in [0, 0.05) is 18.5 Å². The smallest absolute Gasteiger partial charge is 0.226 e. The van der Waals surface area contributed by atoms with Crippen molar-refractivity contribution in [1.29, 1.82) is 0 Å². The highest BCUT2D eigenvalue weighted by Gasteiger charge is 2.14. The summed E-state index contributed by atoms with van der Waals surface area (Å²) in [5.74, 6) is 1.35. The number of hydrogen-bond donors (Lipinski definition) is 1. The van der Waals surface area contributed by atoms with Gasteiger partial charge >= 0.3 is 0 Å². The van der Waals surface area contributed by atoms with Crippen LogP contribution in [0.15, 0.2) is 65.1 Å². The van der Waals surface area contributed by atoms with E-state index in [0.717, 1.165) is 16.8 Å². The molecule has 2 aromatic carbocycles. The Bertz CT molecular complexity index is 936. The highest BCUT2D eigenvalue weighted by Crippen LogP contribution is 2.21. The second kappa shape index (κ2) is 8.29. The minimum absolute atomic E-state index is 0.0735. The summed E-state index contributed by atoms with van der Waals surface area (Å²) >= 11 is 0. The Kier molecular flexibility index (Phi) is 5.85. The lowest BCUT2D eigenvalue weighted by Crippen LogP contribution is -2.29. The number of rotatable bonds is 8. The molecule has 0 bridgehead atoms. The zero-order valence-corrected chi connectivity index (χ0v) is 15.5. The quantitative estimate of drug-likeness (QED) is 0.660. The van der Waals surface area contributed by atoms with E-state index in [0.29, 0.717) is 31.0 Å². The maximum absolute atomic E-state index is 12.2. The van der Waals surface area contributed by atoms with Crippen molar-refractivity contribution in [2.75, 3.05) is 12.3 Å². The van der Waals surface area contributed by atoms with Gasteiger partial charge in [0.15, 0.2) is 0 Å². The van der Waals surface area contributed by atoms with Crippen LogP contribution >= 0.6 is 0 Å². The molecule has 6 heteroatoms. The summed E-state index contributed by atoms with van der Waals surface area (Å²) in [6, 6.07) is 19.2. The minimum Gasteiger partial charge on any atom is -0.441 e. The molecular formula is C20H22N2O3S. The molecule has 26 heavy (non-hydrogen) atoms. The number of oxazole rings is 1. The molecular weight excluding hydrogens is 348 g/mol. The molecule has 0 atom stereocenters. The molecule has 0 spiro atoms. The number of aryl methyl sites for hydroxylation is 2. The molecule has 0 aliphatic rings. The molecule has 0 aliphatic carbocycles. The zero-order chi connectivity index (χ0) is 18.4. The predicted octanol–water partition coefficient (Wildman–Crippen LogP) is 3.35. The first-order valence-corrected chi connectivity index (χ1v) is 10.2. The molecule has 0 amide bonds. The van der Waals surface area contributed by atoms with Crippen molar-refractivity contribution >= 4 is 10.0 Å². The molecule has 0 fully saturated rings. The maximum atomic E-state index is 12.2. The molecule has 136 valence electrons. The van der Waals surface area contributed by atoms with Crippen LogP contribution in [0.3, 0.4) is 0 Å². The number of hydrogen-bond acceptors (Lipinski definition) is 4. The van der Waals surface area contributed by atoms with Crippen molar-refractivity contribution < 1.29 is 12.8 Å². The van der Waals surface area contributed by atoms with E-state index in [1.807, 2.05) is 67.6 Å². The van der Waals surface area contributed by atoms with E-state index in [4.69, 9.17) is 4.42 Å². The van der Waals surface area contributed by atoms with E-state index < -0.39 is 10.0 Å². The lowest BCUT2D eigenvalue weighted by molar-refractivity contribution is 0.538. The molecule has 0 aliphatic heterocycles. The van der Waals surface area contributed by atoms with Gasteiger partial charge in [-0.05, 0) is 31.0 Å². The van der Waals surface area contributed by atoms with Crippen molar-refractivity contribution in [3.05, 3.63) is 77.7 Å². The molecule has 0 saturated carbocycles. The largest absolute Gasteiger partial charge is 0.441 e. The van der Waals surface area contributed by atoms with Gasteiger partial charge in [-0.3, -0.25) is 0 Å². The predicted molar refractivity (Wildman–Crippen MR) is 102 cm³/mol. The molecule has 3 rings (SSSR count). The molecule has 0 unspecified atom stereocenters. The number of nitrogens with one attached hydrogen (secondary N) is 1. The molecule has 0 radical (unpaired) electrons. The van der Waals surface area contributed by atoms with Gasteiger partial charge in [-0.2, -0.15) is 0 Å². The normalized spacial score (nSPS) is 11.6. The Balaban J connectivity index is 1.53. The fraction of sp³-hybridized carbons (Fsp3) is 0.250. The van der Waals surface area contributed by atoms with Crippen LogP contribution in [-0.2, 0) is 22.9 Å². The van der Waals surface area contributed by atoms with Gasteiger partial charge in [-0.15, -0.1) is 0 Å². The van der Waals surface area contributed by atoms with Gasteiger partial charge in [-0.1, -0.05) is 48.5 Å². The topological polar surface area (TPSA) is 72.2 Å². The van der Waals surface area contributed by atoms with Gasteiger partial charge in [-0.25, -0.2) is 18.1 Å². The van der Waals surface area contributed by atoms with Gasteiger partial charge in [0.1, 0.15) is 5.76 Å². The first kappa shape index (κ1) is 18.4. The van der Waals surface area contributed by atoms with Crippen molar-refractivity contribution in [2.24, 2.45) is 0 Å². The fourth-order valence-electron chi connectivity index (χ4n) is 2.66. The Labute approximate surface area is 154 Å². The van der Waals surface area contributed by atoms with Crippen LogP contribution in [0.25, 0.3) is 11.5 Å². The van der Waals surface area contributed by atoms with E-state index in [1.54, 1.807) is 0 Å². The number of nitrogens with zero attached hydrogens (tertiary/aromatic N) is 1. The monoisotopic (exact) mass is 370 g/mol. The Morgan fingerprint density at radius 3 is 2.31 bits per heavy atom. The summed E-state index contributed by atoms with van der Waals surface area (Å²) in [6.07, 6.45) is 0.990. The van der Waals surface area contributed by atoms with E-state index in [9.17, 15) is 8.42 Å². The summed E-state index contributed by atoms with van der Waals surface area (Å²) in [5, 5.41) is 0. The average Bonchev–Trinajstić information content (AvgIpc) is 3.02. The highest BCUT2D eigenvalue weighted by molar-refractivity contribution is 7.89. The van der Waals surface area contributed by atoms with Crippen molar-refractivity contribution in [1.82, 2.24) is 9.71 Å². The summed E-state index contributed by atoms with van der Waals surface area (Å²) in [5.41, 5.74) is 2.69. The van der Waals surface area contributed by atoms with E-state index in [2.05, 4.69) is 9.71 Å². The minimum atomic E-state index is -3.32. The van der Waals surface area contributed by atoms with Gasteiger partial charge in [0.2, 0.25) is 15.9 Å². The summed E-state index contributed by atoms with van der Waals surface area (Å²) in [7, 11) is -3.32. The number of aromatic nitrogens is 1. The second-order valence-corrected chi connectivity index (χ2v) is 8.01. The number of benzene rings is 2. The third kappa shape index (κ3) is 5.03. The lowest BCUT2D eigenvalue weighted by atomic mass is 10.2. The SMILES string of the molecule is Cc1oc(-c2ccccc2)nc1CCNS(=O)(=O)CCc1ccccc1. The van der Waals surface area contributed by atoms with Crippen molar-refractivity contribution in [2.45, 2.75) is 19.8 Å². The maximum Gasteiger partial charge on any atom is 0.226 e. The van der Waals surface area contributed by atoms with Crippen molar-refractivity contribution in [3.8, 4) is 11.5 Å². The summed E-state index contributed by atoms with van der Waals surface area (Å²) < 4.78 is 32.6. The lowest BCUT2D eigenvalue weighted by Gasteiger charge is -2.06. The third-order valence-corrected chi connectivity index (χ3v) is 5.49. The van der Waals surface area contributed by atoms with Gasteiger partial charge < -0.3 is 4.42 Å². The molecule has 1 heterocycles. The highest BCUT2D eigenvalue weighted by atomic mass is 32.2. The van der Waals surface area contributed by atoms with Crippen molar-refractivity contribution in [3.63, 3.8) is 0 Å². The summed E-state index contributed by atoms with van der Waals surface area (Å²) in [6.45, 7) is 2.15. The van der Waals surface area contributed by atoms with Gasteiger partial charge in [0.05, 0.1) is 11.4 Å². The third-order valence-electron chi connectivity index (χ3n) is 4.10. The van der Waals surface area contributed by atoms with E-state index in [1.165, 1.54) is 0 Å². The first-order chi connectivity index (χ1) is 12.5. The van der Waals surface area contributed by atoms with E-state index >= 15 is 0 Å². The second-order valence-electron chi connectivity index (χ2n) is 6.09. The molecule has 5 nitrogen and oxygen atoms in total. The van der Waals surface area contributed by atoms with Crippen LogP contribution in [0.5, 0.6) is 0 Å². The molecule has 3 aromatic rings. The standard InChI is InChI=1S/C20H22N2O3S/c1-16-19(22-20(25-16)18-10-6-3-7-11-18)12-14-21-26(23,24)15-13-17-8-4-2-5-9-17/h2-11,21H,12-15H2,1H3. The molecule has 1 N–H and O–H groups in total. The first-order valence-electron chi connectivity index (χ1n) is 8.56. The average molecular weight is 370 g/mol.